The summed E-state index contributed by atoms with van der Waals surface area (Å²) in [5.41, 5.74) is 0.692. The molecule has 0 unspecified atom stereocenters. The van der Waals surface area contributed by atoms with E-state index in [0.29, 0.717) is 11.0 Å². The zero-order valence-corrected chi connectivity index (χ0v) is 27.0. The molecule has 0 aliphatic carbocycles. The summed E-state index contributed by atoms with van der Waals surface area (Å²) in [6.45, 7) is 7.37. The van der Waals surface area contributed by atoms with Crippen LogP contribution in [0.15, 0.2) is 35.7 Å². The molecule has 0 aliphatic rings. The molecule has 0 N–H and O–H groups in total. The Hall–Kier alpha value is -1.17. The Morgan fingerprint density at radius 3 is 1.26 bits per heavy atom. The highest BCUT2D eigenvalue weighted by atomic mass is 32.2. The van der Waals surface area contributed by atoms with Crippen molar-refractivity contribution >= 4 is 16.2 Å². The van der Waals surface area contributed by atoms with Crippen molar-refractivity contribution in [3.05, 3.63) is 41.3 Å². The second kappa shape index (κ2) is 25.8. The fraction of sp³-hybridized carbons (Fsp3) is 0.765. The minimum atomic E-state index is -4.25. The molecule has 0 amide bonds. The van der Waals surface area contributed by atoms with Crippen molar-refractivity contribution in [1.29, 1.82) is 0 Å². The van der Waals surface area contributed by atoms with E-state index in [9.17, 15) is 13.0 Å². The van der Waals surface area contributed by atoms with Crippen molar-refractivity contribution in [3.8, 4) is 0 Å². The number of benzene rings is 1. The van der Waals surface area contributed by atoms with Gasteiger partial charge in [-0.25, -0.2) is 8.42 Å². The number of quaternary nitrogens is 1. The fourth-order valence-corrected chi connectivity index (χ4v) is 5.22. The zero-order valence-electron chi connectivity index (χ0n) is 26.2. The SMILES string of the molecule is CCCCCCCCCCCC[N+](C)(C)CCCCCCCCCCCC.O=S(=O)([O-])C=Cc1ccccc1. The fourth-order valence-electron chi connectivity index (χ4n) is 4.89. The van der Waals surface area contributed by atoms with Crippen LogP contribution in [0, 0.1) is 0 Å². The average molecular weight is 566 g/mol. The Morgan fingerprint density at radius 1 is 0.590 bits per heavy atom. The second-order valence-electron chi connectivity index (χ2n) is 12.0. The van der Waals surface area contributed by atoms with E-state index in [1.807, 2.05) is 6.07 Å². The van der Waals surface area contributed by atoms with Crippen LogP contribution in [-0.2, 0) is 10.1 Å². The van der Waals surface area contributed by atoms with Gasteiger partial charge in [0.15, 0.2) is 0 Å². The molecule has 1 aromatic carbocycles. The van der Waals surface area contributed by atoms with Crippen molar-refractivity contribution in [3.63, 3.8) is 0 Å². The first-order valence-electron chi connectivity index (χ1n) is 16.2. The molecular formula is C34H63NO3S. The van der Waals surface area contributed by atoms with Crippen LogP contribution in [0.25, 0.3) is 6.08 Å². The predicted molar refractivity (Wildman–Crippen MR) is 171 cm³/mol. The van der Waals surface area contributed by atoms with E-state index in [1.54, 1.807) is 24.3 Å². The van der Waals surface area contributed by atoms with Crippen LogP contribution in [-0.4, -0.2) is 44.6 Å². The molecule has 228 valence electrons. The van der Waals surface area contributed by atoms with E-state index in [0.717, 1.165) is 0 Å². The highest BCUT2D eigenvalue weighted by Crippen LogP contribution is 2.14. The highest BCUT2D eigenvalue weighted by molar-refractivity contribution is 7.88. The topological polar surface area (TPSA) is 57.2 Å². The molecule has 0 spiro atoms. The summed E-state index contributed by atoms with van der Waals surface area (Å²) in [6.07, 6.45) is 30.3. The van der Waals surface area contributed by atoms with E-state index < -0.39 is 10.1 Å². The van der Waals surface area contributed by atoms with Gasteiger partial charge in [-0.1, -0.05) is 147 Å². The summed E-state index contributed by atoms with van der Waals surface area (Å²) in [4.78, 5) is 0. The van der Waals surface area contributed by atoms with E-state index >= 15 is 0 Å². The van der Waals surface area contributed by atoms with Gasteiger partial charge in [-0.2, -0.15) is 0 Å². The summed E-state index contributed by atoms with van der Waals surface area (Å²) < 4.78 is 31.7. The Labute approximate surface area is 244 Å². The minimum absolute atomic E-state index is 0.641. The molecule has 0 radical (unpaired) electrons. The molecule has 5 heteroatoms. The summed E-state index contributed by atoms with van der Waals surface area (Å²) in [7, 11) is 0.639. The van der Waals surface area contributed by atoms with Gasteiger partial charge in [-0.05, 0) is 37.3 Å². The monoisotopic (exact) mass is 565 g/mol. The number of hydrogen-bond donors (Lipinski definition) is 0. The maximum Gasteiger partial charge on any atom is 0.117 e. The molecular weight excluding hydrogens is 502 g/mol. The van der Waals surface area contributed by atoms with Crippen molar-refractivity contribution in [2.45, 2.75) is 142 Å². The third-order valence-electron chi connectivity index (χ3n) is 7.46. The Bertz CT molecular complexity index is 749. The number of hydrogen-bond acceptors (Lipinski definition) is 3. The van der Waals surface area contributed by atoms with Gasteiger partial charge in [-0.15, -0.1) is 0 Å². The number of rotatable bonds is 24. The third-order valence-corrected chi connectivity index (χ3v) is 7.93. The largest absolute Gasteiger partial charge is 0.744 e. The van der Waals surface area contributed by atoms with Crippen molar-refractivity contribution in [2.75, 3.05) is 27.2 Å². The first kappa shape index (κ1) is 37.8. The molecule has 1 rings (SSSR count). The average Bonchev–Trinajstić information content (AvgIpc) is 2.90. The van der Waals surface area contributed by atoms with Crippen LogP contribution in [0.3, 0.4) is 0 Å². The highest BCUT2D eigenvalue weighted by Gasteiger charge is 2.13. The first-order chi connectivity index (χ1) is 18.7. The molecule has 4 nitrogen and oxygen atoms in total. The van der Waals surface area contributed by atoms with Gasteiger partial charge in [-0.3, -0.25) is 0 Å². The maximum absolute atomic E-state index is 10.2. The lowest BCUT2D eigenvalue weighted by Gasteiger charge is -2.30. The van der Waals surface area contributed by atoms with Crippen molar-refractivity contribution < 1.29 is 17.5 Å². The van der Waals surface area contributed by atoms with Crippen LogP contribution < -0.4 is 0 Å². The Kier molecular flexibility index (Phi) is 25.0. The molecule has 39 heavy (non-hydrogen) atoms. The van der Waals surface area contributed by atoms with Crippen LogP contribution in [0.2, 0.25) is 0 Å². The number of unbranched alkanes of at least 4 members (excludes halogenated alkanes) is 18. The van der Waals surface area contributed by atoms with Crippen LogP contribution in [0.5, 0.6) is 0 Å². The standard InChI is InChI=1S/C26H56N.C8H8O3S/c1-5-7-9-11-13-15-17-19-21-23-25-27(3,4)26-24-22-20-18-16-14-12-10-8-6-2;9-12(10,11)7-6-8-4-2-1-3-5-8/h5-26H2,1-4H3;1-7H,(H,9,10,11)/q+1;/p-1. The van der Waals surface area contributed by atoms with E-state index in [4.69, 9.17) is 0 Å². The lowest BCUT2D eigenvalue weighted by molar-refractivity contribution is -0.890. The molecule has 0 atom stereocenters. The lowest BCUT2D eigenvalue weighted by Crippen LogP contribution is -2.41. The summed E-state index contributed by atoms with van der Waals surface area (Å²) in [5.74, 6) is 0. The van der Waals surface area contributed by atoms with E-state index in [-0.39, 0.29) is 0 Å². The summed E-state index contributed by atoms with van der Waals surface area (Å²) >= 11 is 0. The van der Waals surface area contributed by atoms with E-state index in [2.05, 4.69) is 27.9 Å². The minimum Gasteiger partial charge on any atom is -0.744 e. The molecule has 0 aliphatic heterocycles. The molecule has 0 saturated carbocycles. The van der Waals surface area contributed by atoms with E-state index in [1.165, 1.54) is 152 Å². The van der Waals surface area contributed by atoms with Gasteiger partial charge in [0, 0.05) is 5.41 Å². The smallest absolute Gasteiger partial charge is 0.117 e. The summed E-state index contributed by atoms with van der Waals surface area (Å²) in [6, 6.07) is 8.75. The molecule has 0 fully saturated rings. The quantitative estimate of drug-likeness (QED) is 0.0711. The van der Waals surface area contributed by atoms with Crippen LogP contribution in [0.1, 0.15) is 148 Å². The predicted octanol–water partition coefficient (Wildman–Crippen LogP) is 10.1. The van der Waals surface area contributed by atoms with Crippen LogP contribution >= 0.6 is 0 Å². The molecule has 0 saturated heterocycles. The molecule has 1 aromatic rings. The van der Waals surface area contributed by atoms with Gasteiger partial charge in [0.2, 0.25) is 0 Å². The van der Waals surface area contributed by atoms with Gasteiger partial charge in [0.25, 0.3) is 0 Å². The zero-order chi connectivity index (χ0) is 29.1. The number of nitrogens with zero attached hydrogens (tertiary/aromatic N) is 1. The first-order valence-corrected chi connectivity index (χ1v) is 17.7. The normalized spacial score (nSPS) is 12.0. The van der Waals surface area contributed by atoms with Crippen LogP contribution in [0.4, 0.5) is 0 Å². The lowest BCUT2D eigenvalue weighted by atomic mass is 10.1. The maximum atomic E-state index is 10.2. The van der Waals surface area contributed by atoms with Crippen molar-refractivity contribution in [1.82, 2.24) is 0 Å². The van der Waals surface area contributed by atoms with Gasteiger partial charge in [0.05, 0.1) is 27.2 Å². The Morgan fingerprint density at radius 2 is 0.923 bits per heavy atom. The van der Waals surface area contributed by atoms with Crippen molar-refractivity contribution in [2.24, 2.45) is 0 Å². The van der Waals surface area contributed by atoms with Gasteiger partial charge >= 0.3 is 0 Å². The third kappa shape index (κ3) is 29.6. The molecule has 0 bridgehead atoms. The second-order valence-corrected chi connectivity index (χ2v) is 13.2. The van der Waals surface area contributed by atoms with Gasteiger partial charge in [0.1, 0.15) is 10.1 Å². The molecule has 0 heterocycles. The summed E-state index contributed by atoms with van der Waals surface area (Å²) in [5, 5.41) is 0.641. The van der Waals surface area contributed by atoms with Gasteiger partial charge < -0.3 is 9.04 Å². The molecule has 0 aromatic heterocycles. The Balaban J connectivity index is 0.000000992.